The monoisotopic (exact) mass is 495 g/mol. The van der Waals surface area contributed by atoms with Crippen LogP contribution in [-0.4, -0.2) is 56.6 Å². The largest absolute Gasteiger partial charge is 0.506 e. The maximum Gasteiger partial charge on any atom is 0.431 e. The molecule has 4 aromatic rings. The highest BCUT2D eigenvalue weighted by Gasteiger charge is 2.37. The predicted octanol–water partition coefficient (Wildman–Crippen LogP) is 3.49. The molecule has 0 radical (unpaired) electrons. The van der Waals surface area contributed by atoms with Crippen molar-refractivity contribution in [3.8, 4) is 11.4 Å². The molecule has 0 aliphatic carbocycles. The second-order valence-electron chi connectivity index (χ2n) is 8.30. The third-order valence-corrected chi connectivity index (χ3v) is 6.25. The molecule has 0 saturated carbocycles. The first-order valence-electron chi connectivity index (χ1n) is 11.1. The van der Waals surface area contributed by atoms with Gasteiger partial charge in [-0.25, -0.2) is 9.97 Å². The lowest BCUT2D eigenvalue weighted by atomic mass is 10.1. The van der Waals surface area contributed by atoms with E-state index in [1.165, 1.54) is 18.2 Å². The number of benzene rings is 2. The lowest BCUT2D eigenvalue weighted by molar-refractivity contribution is -0.142. The van der Waals surface area contributed by atoms with E-state index in [4.69, 9.17) is 0 Å². The van der Waals surface area contributed by atoms with Gasteiger partial charge in [0.05, 0.1) is 11.1 Å². The summed E-state index contributed by atoms with van der Waals surface area (Å²) in [4.78, 5) is 37.0. The molecule has 3 heterocycles. The molecule has 11 heteroatoms. The lowest BCUT2D eigenvalue weighted by Crippen LogP contribution is -2.48. The van der Waals surface area contributed by atoms with E-state index in [-0.39, 0.29) is 33.7 Å². The Balaban J connectivity index is 1.74. The zero-order valence-corrected chi connectivity index (χ0v) is 18.9. The van der Waals surface area contributed by atoms with Crippen LogP contribution in [0.15, 0.2) is 66.2 Å². The number of carbonyl (C=O) groups is 1. The van der Waals surface area contributed by atoms with Crippen LogP contribution in [0.4, 0.5) is 19.0 Å². The van der Waals surface area contributed by atoms with Crippen molar-refractivity contribution in [2.24, 2.45) is 0 Å². The number of halogens is 3. The summed E-state index contributed by atoms with van der Waals surface area (Å²) >= 11 is 0. The number of piperazine rings is 1. The van der Waals surface area contributed by atoms with Gasteiger partial charge in [0.25, 0.3) is 5.56 Å². The fourth-order valence-electron chi connectivity index (χ4n) is 4.54. The molecule has 0 bridgehead atoms. The van der Waals surface area contributed by atoms with Crippen LogP contribution in [0.25, 0.3) is 27.4 Å². The van der Waals surface area contributed by atoms with Crippen molar-refractivity contribution in [1.82, 2.24) is 19.4 Å². The van der Waals surface area contributed by atoms with Crippen LogP contribution < -0.4 is 10.5 Å². The van der Waals surface area contributed by atoms with Gasteiger partial charge in [-0.1, -0.05) is 36.9 Å². The molecule has 1 amide bonds. The highest BCUT2D eigenvalue weighted by Crippen LogP contribution is 2.38. The molecule has 1 aliphatic heterocycles. The van der Waals surface area contributed by atoms with Crippen LogP contribution in [0, 0.1) is 0 Å². The SMILES string of the molecule is C=CC(=O)N1CCN(c2ncnc3c(=O)n(-c4c(O)ccc5ccccc45)c(C(F)(F)F)cc23)CC1. The highest BCUT2D eigenvalue weighted by atomic mass is 19.4. The number of rotatable bonds is 3. The molecule has 1 aliphatic rings. The summed E-state index contributed by atoms with van der Waals surface area (Å²) in [7, 11) is 0. The minimum Gasteiger partial charge on any atom is -0.506 e. The average Bonchev–Trinajstić information content (AvgIpc) is 2.88. The number of anilines is 1. The molecule has 36 heavy (non-hydrogen) atoms. The van der Waals surface area contributed by atoms with Crippen molar-refractivity contribution in [3.05, 3.63) is 77.5 Å². The molecule has 1 fully saturated rings. The first-order valence-corrected chi connectivity index (χ1v) is 11.1. The Morgan fingerprint density at radius 1 is 1.03 bits per heavy atom. The summed E-state index contributed by atoms with van der Waals surface area (Å²) in [5, 5.41) is 11.4. The van der Waals surface area contributed by atoms with Gasteiger partial charge in [-0.15, -0.1) is 0 Å². The summed E-state index contributed by atoms with van der Waals surface area (Å²) < 4.78 is 43.6. The number of carbonyl (C=O) groups excluding carboxylic acids is 1. The summed E-state index contributed by atoms with van der Waals surface area (Å²) in [5.41, 5.74) is -2.78. The Morgan fingerprint density at radius 3 is 2.44 bits per heavy atom. The maximum absolute atomic E-state index is 14.4. The lowest BCUT2D eigenvalue weighted by Gasteiger charge is -2.35. The molecule has 2 aromatic heterocycles. The van der Waals surface area contributed by atoms with Gasteiger partial charge in [0.15, 0.2) is 0 Å². The molecule has 184 valence electrons. The van der Waals surface area contributed by atoms with E-state index in [9.17, 15) is 27.9 Å². The van der Waals surface area contributed by atoms with Crippen LogP contribution in [0.2, 0.25) is 0 Å². The van der Waals surface area contributed by atoms with E-state index in [0.717, 1.165) is 12.4 Å². The topological polar surface area (TPSA) is 91.6 Å². The molecule has 1 N–H and O–H groups in total. The van der Waals surface area contributed by atoms with Crippen molar-refractivity contribution in [2.75, 3.05) is 31.1 Å². The molecule has 0 spiro atoms. The van der Waals surface area contributed by atoms with Gasteiger partial charge in [-0.2, -0.15) is 13.2 Å². The van der Waals surface area contributed by atoms with E-state index < -0.39 is 23.2 Å². The number of aromatic hydroxyl groups is 1. The van der Waals surface area contributed by atoms with E-state index in [2.05, 4.69) is 16.5 Å². The third-order valence-electron chi connectivity index (χ3n) is 6.25. The van der Waals surface area contributed by atoms with Gasteiger partial charge in [0.2, 0.25) is 5.91 Å². The van der Waals surface area contributed by atoms with Crippen LogP contribution in [0.3, 0.4) is 0 Å². The number of hydrogen-bond acceptors (Lipinski definition) is 6. The summed E-state index contributed by atoms with van der Waals surface area (Å²) in [5.74, 6) is -0.542. The Labute approximate surface area is 202 Å². The van der Waals surface area contributed by atoms with Gasteiger partial charge < -0.3 is 14.9 Å². The fraction of sp³-hybridized carbons (Fsp3) is 0.200. The molecule has 5 rings (SSSR count). The van der Waals surface area contributed by atoms with Crippen molar-refractivity contribution >= 4 is 33.4 Å². The number of hydrogen-bond donors (Lipinski definition) is 1. The number of phenols is 1. The van der Waals surface area contributed by atoms with E-state index in [0.29, 0.717) is 36.1 Å². The van der Waals surface area contributed by atoms with Gasteiger partial charge in [0, 0.05) is 31.6 Å². The van der Waals surface area contributed by atoms with Gasteiger partial charge in [-0.3, -0.25) is 14.2 Å². The van der Waals surface area contributed by atoms with Crippen molar-refractivity contribution in [3.63, 3.8) is 0 Å². The minimum atomic E-state index is -4.93. The number of fused-ring (bicyclic) bond motifs is 2. The van der Waals surface area contributed by atoms with Crippen LogP contribution in [-0.2, 0) is 11.0 Å². The third kappa shape index (κ3) is 3.82. The Morgan fingerprint density at radius 2 is 1.75 bits per heavy atom. The van der Waals surface area contributed by atoms with Crippen molar-refractivity contribution < 1.29 is 23.1 Å². The summed E-state index contributed by atoms with van der Waals surface area (Å²) in [6.45, 7) is 4.73. The Hall–Kier alpha value is -4.41. The molecule has 2 aromatic carbocycles. The number of phenolic OH excluding ortho intramolecular Hbond substituents is 1. The van der Waals surface area contributed by atoms with Crippen molar-refractivity contribution in [2.45, 2.75) is 6.18 Å². The summed E-state index contributed by atoms with van der Waals surface area (Å²) in [6.07, 6.45) is -2.60. The van der Waals surface area contributed by atoms with E-state index >= 15 is 0 Å². The number of pyridine rings is 1. The van der Waals surface area contributed by atoms with Gasteiger partial charge in [-0.05, 0) is 23.6 Å². The molecule has 8 nitrogen and oxygen atoms in total. The molecule has 0 unspecified atom stereocenters. The number of amides is 1. The molecule has 0 atom stereocenters. The van der Waals surface area contributed by atoms with Crippen LogP contribution >= 0.6 is 0 Å². The fourth-order valence-corrected chi connectivity index (χ4v) is 4.54. The van der Waals surface area contributed by atoms with Crippen LogP contribution in [0.1, 0.15) is 5.69 Å². The van der Waals surface area contributed by atoms with Crippen molar-refractivity contribution in [1.29, 1.82) is 0 Å². The maximum atomic E-state index is 14.4. The number of aromatic nitrogens is 3. The average molecular weight is 495 g/mol. The standard InChI is InChI=1S/C25H20F3N5O3/c1-2-20(35)31-9-11-32(12-10-31)23-17-13-19(25(26,27)28)33(24(36)21(17)29-14-30-23)22-16-6-4-3-5-15(16)7-8-18(22)34/h2-8,13-14,34H,1,9-12H2. The quantitative estimate of drug-likeness (QED) is 0.438. The predicted molar refractivity (Wildman–Crippen MR) is 128 cm³/mol. The Bertz CT molecular complexity index is 1570. The second-order valence-corrected chi connectivity index (χ2v) is 8.30. The first kappa shape index (κ1) is 23.3. The van der Waals surface area contributed by atoms with Gasteiger partial charge >= 0.3 is 6.18 Å². The first-order chi connectivity index (χ1) is 17.2. The second kappa shape index (κ2) is 8.67. The summed E-state index contributed by atoms with van der Waals surface area (Å²) in [6, 6.07) is 10.2. The number of alkyl halides is 3. The van der Waals surface area contributed by atoms with Gasteiger partial charge in [0.1, 0.15) is 29.1 Å². The molecule has 1 saturated heterocycles. The van der Waals surface area contributed by atoms with Crippen LogP contribution in [0.5, 0.6) is 5.75 Å². The number of nitrogens with zero attached hydrogens (tertiary/aromatic N) is 5. The normalized spacial score (nSPS) is 14.4. The smallest absolute Gasteiger partial charge is 0.431 e. The van der Waals surface area contributed by atoms with E-state index in [1.807, 2.05) is 0 Å². The highest BCUT2D eigenvalue weighted by molar-refractivity contribution is 5.95. The Kier molecular flexibility index (Phi) is 5.62. The zero-order valence-electron chi connectivity index (χ0n) is 18.9. The van der Waals surface area contributed by atoms with E-state index in [1.54, 1.807) is 34.1 Å². The minimum absolute atomic E-state index is 0.0608. The molecular weight excluding hydrogens is 475 g/mol. The zero-order chi connectivity index (χ0) is 25.6. The molecular formula is C25H20F3N5O3.